The monoisotopic (exact) mass is 293 g/mol. The molecule has 110 valence electrons. The lowest BCUT2D eigenvalue weighted by Gasteiger charge is -1.99. The minimum Gasteiger partial charge on any atom is -0.497 e. The molecule has 0 aliphatic rings. The zero-order chi connectivity index (χ0) is 15.4. The molecular weight excluding hydrogens is 278 g/mol. The van der Waals surface area contributed by atoms with Gasteiger partial charge in [-0.3, -0.25) is 9.89 Å². The van der Waals surface area contributed by atoms with Crippen LogP contribution in [0.5, 0.6) is 5.75 Å². The Bertz CT molecular complexity index is 830. The molecule has 2 heterocycles. The highest BCUT2D eigenvalue weighted by Gasteiger charge is 2.03. The van der Waals surface area contributed by atoms with E-state index >= 15 is 0 Å². The molecule has 3 aromatic rings. The summed E-state index contributed by atoms with van der Waals surface area (Å²) in [5.41, 5.74) is 1.59. The van der Waals surface area contributed by atoms with Crippen molar-refractivity contribution in [1.82, 2.24) is 14.8 Å². The van der Waals surface area contributed by atoms with Gasteiger partial charge < -0.3 is 4.74 Å². The number of benzene rings is 1. The summed E-state index contributed by atoms with van der Waals surface area (Å²) in [4.78, 5) is 16.1. The summed E-state index contributed by atoms with van der Waals surface area (Å²) >= 11 is 0. The number of H-pyrrole nitrogens is 1. The fourth-order valence-electron chi connectivity index (χ4n) is 2.06. The van der Waals surface area contributed by atoms with Crippen LogP contribution in [0.25, 0.3) is 18.0 Å². The van der Waals surface area contributed by atoms with E-state index in [2.05, 4.69) is 10.1 Å². The average molecular weight is 293 g/mol. The largest absolute Gasteiger partial charge is 0.497 e. The molecule has 0 bridgehead atoms. The molecule has 0 amide bonds. The smallest absolute Gasteiger partial charge is 0.273 e. The fraction of sp³-hybridized carbons (Fsp3) is 0.0588. The van der Waals surface area contributed by atoms with Crippen LogP contribution in [0.15, 0.2) is 59.5 Å². The number of nitrogens with zero attached hydrogens (tertiary/aromatic N) is 2. The molecule has 2 aromatic heterocycles. The number of hydrogen-bond acceptors (Lipinski definition) is 3. The molecule has 5 nitrogen and oxygen atoms in total. The van der Waals surface area contributed by atoms with E-state index in [0.717, 1.165) is 11.3 Å². The maximum absolute atomic E-state index is 12.0. The minimum absolute atomic E-state index is 0.145. The summed E-state index contributed by atoms with van der Waals surface area (Å²) in [6.45, 7) is 0. The van der Waals surface area contributed by atoms with Crippen molar-refractivity contribution in [1.29, 1.82) is 0 Å². The van der Waals surface area contributed by atoms with Crippen molar-refractivity contribution in [3.63, 3.8) is 0 Å². The van der Waals surface area contributed by atoms with Crippen LogP contribution in [0.3, 0.4) is 0 Å². The molecule has 1 aromatic carbocycles. The lowest BCUT2D eigenvalue weighted by molar-refractivity contribution is 0.415. The number of nitrogens with one attached hydrogen (secondary N) is 1. The third-order valence-corrected chi connectivity index (χ3v) is 3.19. The number of methoxy groups -OCH3 is 1. The predicted octanol–water partition coefficient (Wildman–Crippen LogP) is 2.74. The molecule has 0 aliphatic carbocycles. The van der Waals surface area contributed by atoms with Crippen LogP contribution < -0.4 is 10.3 Å². The molecule has 0 saturated carbocycles. The molecule has 0 atom stereocenters. The minimum atomic E-state index is -0.145. The summed E-state index contributed by atoms with van der Waals surface area (Å²) in [5.74, 6) is 1.38. The first-order chi connectivity index (χ1) is 10.8. The normalized spacial score (nSPS) is 11.0. The van der Waals surface area contributed by atoms with Crippen molar-refractivity contribution in [3.05, 3.63) is 76.3 Å². The first-order valence-corrected chi connectivity index (χ1v) is 6.82. The molecule has 3 rings (SSSR count). The predicted molar refractivity (Wildman–Crippen MR) is 86.1 cm³/mol. The Kier molecular flexibility index (Phi) is 3.87. The van der Waals surface area contributed by atoms with Gasteiger partial charge in [-0.15, -0.1) is 0 Å². The van der Waals surface area contributed by atoms with Gasteiger partial charge in [-0.2, -0.15) is 0 Å². The van der Waals surface area contributed by atoms with E-state index in [-0.39, 0.29) is 5.56 Å². The second kappa shape index (κ2) is 6.13. The number of aromatic nitrogens is 3. The van der Waals surface area contributed by atoms with E-state index in [1.54, 1.807) is 19.4 Å². The van der Waals surface area contributed by atoms with Crippen molar-refractivity contribution in [2.75, 3.05) is 7.11 Å². The molecule has 0 fully saturated rings. The summed E-state index contributed by atoms with van der Waals surface area (Å²) in [6, 6.07) is 14.6. The van der Waals surface area contributed by atoms with Gasteiger partial charge in [0.05, 0.1) is 12.8 Å². The Morgan fingerprint density at radius 2 is 1.95 bits per heavy atom. The Balaban J connectivity index is 1.84. The average Bonchev–Trinajstić information content (AvgIpc) is 2.95. The fourth-order valence-corrected chi connectivity index (χ4v) is 2.06. The molecule has 5 heteroatoms. The van der Waals surface area contributed by atoms with E-state index in [1.165, 1.54) is 10.7 Å². The number of ether oxygens (including phenoxy) is 1. The summed E-state index contributed by atoms with van der Waals surface area (Å²) < 4.78 is 6.53. The third-order valence-electron chi connectivity index (χ3n) is 3.19. The van der Waals surface area contributed by atoms with Gasteiger partial charge in [0.15, 0.2) is 5.82 Å². The quantitative estimate of drug-likeness (QED) is 0.804. The van der Waals surface area contributed by atoms with E-state index < -0.39 is 0 Å². The lowest BCUT2D eigenvalue weighted by Crippen LogP contribution is -2.14. The molecule has 0 saturated heterocycles. The van der Waals surface area contributed by atoms with E-state index in [4.69, 9.17) is 4.74 Å². The molecule has 0 unspecified atom stereocenters. The Labute approximate surface area is 127 Å². The number of rotatable bonds is 4. The molecule has 1 N–H and O–H groups in total. The topological polar surface area (TPSA) is 59.9 Å². The van der Waals surface area contributed by atoms with Crippen molar-refractivity contribution in [2.45, 2.75) is 0 Å². The van der Waals surface area contributed by atoms with Crippen molar-refractivity contribution in [2.24, 2.45) is 0 Å². The molecule has 0 radical (unpaired) electrons. The van der Waals surface area contributed by atoms with Crippen molar-refractivity contribution >= 4 is 12.2 Å². The second-order valence-corrected chi connectivity index (χ2v) is 4.68. The van der Waals surface area contributed by atoms with E-state index in [0.29, 0.717) is 11.5 Å². The van der Waals surface area contributed by atoms with Gasteiger partial charge in [0.25, 0.3) is 5.56 Å². The van der Waals surface area contributed by atoms with Gasteiger partial charge in [-0.25, -0.2) is 9.67 Å². The maximum Gasteiger partial charge on any atom is 0.273 e. The van der Waals surface area contributed by atoms with Crippen LogP contribution in [0.2, 0.25) is 0 Å². The van der Waals surface area contributed by atoms with Crippen LogP contribution >= 0.6 is 0 Å². The van der Waals surface area contributed by atoms with Gasteiger partial charge in [-0.05, 0) is 35.9 Å². The third kappa shape index (κ3) is 2.98. The summed E-state index contributed by atoms with van der Waals surface area (Å²) in [5, 5.41) is 3.02. The Hall–Kier alpha value is -3.08. The first-order valence-electron chi connectivity index (χ1n) is 6.82. The van der Waals surface area contributed by atoms with Crippen molar-refractivity contribution < 1.29 is 4.74 Å². The standard InChI is InChI=1S/C17H15N3O2/c1-22-15-9-6-13(7-10-15)5-8-14-12-17(21)20(19-14)16-4-2-3-11-18-16/h2-12,19H,1H3/b8-5+. The van der Waals surface area contributed by atoms with Gasteiger partial charge in [0.2, 0.25) is 0 Å². The first kappa shape index (κ1) is 13.9. The van der Waals surface area contributed by atoms with Gasteiger partial charge >= 0.3 is 0 Å². The number of pyridine rings is 1. The van der Waals surface area contributed by atoms with Crippen LogP contribution in [-0.4, -0.2) is 21.9 Å². The molecule has 0 aliphatic heterocycles. The van der Waals surface area contributed by atoms with Gasteiger partial charge in [-0.1, -0.05) is 24.3 Å². The lowest BCUT2D eigenvalue weighted by atomic mass is 10.2. The summed E-state index contributed by atoms with van der Waals surface area (Å²) in [7, 11) is 1.63. The van der Waals surface area contributed by atoms with Crippen LogP contribution in [0.1, 0.15) is 11.3 Å². The number of aromatic amines is 1. The maximum atomic E-state index is 12.0. The SMILES string of the molecule is COc1ccc(/C=C/c2cc(=O)n(-c3ccccn3)[nH]2)cc1. The molecule has 0 spiro atoms. The van der Waals surface area contributed by atoms with E-state index in [9.17, 15) is 4.79 Å². The van der Waals surface area contributed by atoms with E-state index in [1.807, 2.05) is 48.6 Å². The number of hydrogen-bond donors (Lipinski definition) is 1. The molecular formula is C17H15N3O2. The van der Waals surface area contributed by atoms with Crippen LogP contribution in [0.4, 0.5) is 0 Å². The van der Waals surface area contributed by atoms with Crippen molar-refractivity contribution in [3.8, 4) is 11.6 Å². The van der Waals surface area contributed by atoms with Gasteiger partial charge in [0.1, 0.15) is 5.75 Å². The highest BCUT2D eigenvalue weighted by Crippen LogP contribution is 2.13. The molecule has 22 heavy (non-hydrogen) atoms. The highest BCUT2D eigenvalue weighted by molar-refractivity contribution is 5.68. The zero-order valence-corrected chi connectivity index (χ0v) is 12.1. The Morgan fingerprint density at radius 1 is 1.14 bits per heavy atom. The van der Waals surface area contributed by atoms with Crippen LogP contribution in [-0.2, 0) is 0 Å². The highest BCUT2D eigenvalue weighted by atomic mass is 16.5. The van der Waals surface area contributed by atoms with Crippen LogP contribution in [0, 0.1) is 0 Å². The zero-order valence-electron chi connectivity index (χ0n) is 12.1. The second-order valence-electron chi connectivity index (χ2n) is 4.68. The Morgan fingerprint density at radius 3 is 2.64 bits per heavy atom. The van der Waals surface area contributed by atoms with Gasteiger partial charge in [0, 0.05) is 12.3 Å². The summed E-state index contributed by atoms with van der Waals surface area (Å²) in [6.07, 6.45) is 5.42.